The molecule has 0 saturated heterocycles. The van der Waals surface area contributed by atoms with Crippen LogP contribution < -0.4 is 19.5 Å². The van der Waals surface area contributed by atoms with Crippen molar-refractivity contribution < 1.29 is 14.2 Å². The molecule has 0 saturated carbocycles. The van der Waals surface area contributed by atoms with Gasteiger partial charge in [-0.1, -0.05) is 19.6 Å². The molecule has 4 heteroatoms. The van der Waals surface area contributed by atoms with Crippen molar-refractivity contribution in [3.8, 4) is 17.2 Å². The van der Waals surface area contributed by atoms with Crippen LogP contribution in [0.4, 0.5) is 0 Å². The molecule has 0 spiro atoms. The van der Waals surface area contributed by atoms with Crippen molar-refractivity contribution in [1.82, 2.24) is 5.32 Å². The van der Waals surface area contributed by atoms with Crippen molar-refractivity contribution in [2.75, 3.05) is 13.3 Å². The SMILES string of the molecule is C=CC(C)Oc1cc2c(cc1CNCCC)OCO2. The molecular formula is C15H21NO3. The second-order valence-corrected chi connectivity index (χ2v) is 4.55. The van der Waals surface area contributed by atoms with Gasteiger partial charge in [-0.15, -0.1) is 0 Å². The third-order valence-corrected chi connectivity index (χ3v) is 2.94. The molecule has 0 radical (unpaired) electrons. The van der Waals surface area contributed by atoms with Gasteiger partial charge in [0.1, 0.15) is 11.9 Å². The van der Waals surface area contributed by atoms with E-state index in [-0.39, 0.29) is 12.9 Å². The molecule has 1 atom stereocenters. The highest BCUT2D eigenvalue weighted by Gasteiger charge is 2.18. The molecule has 104 valence electrons. The lowest BCUT2D eigenvalue weighted by Crippen LogP contribution is -2.16. The van der Waals surface area contributed by atoms with Crippen LogP contribution in [0.25, 0.3) is 0 Å². The lowest BCUT2D eigenvalue weighted by Gasteiger charge is -2.16. The summed E-state index contributed by atoms with van der Waals surface area (Å²) in [6.45, 7) is 9.85. The van der Waals surface area contributed by atoms with E-state index in [4.69, 9.17) is 14.2 Å². The van der Waals surface area contributed by atoms with Crippen molar-refractivity contribution in [1.29, 1.82) is 0 Å². The Bertz CT molecular complexity index is 445. The van der Waals surface area contributed by atoms with Crippen LogP contribution in [0.3, 0.4) is 0 Å². The van der Waals surface area contributed by atoms with E-state index in [1.165, 1.54) is 0 Å². The quantitative estimate of drug-likeness (QED) is 0.606. The third kappa shape index (κ3) is 3.41. The minimum absolute atomic E-state index is 0.0368. The minimum Gasteiger partial charge on any atom is -0.486 e. The van der Waals surface area contributed by atoms with E-state index in [2.05, 4.69) is 18.8 Å². The fourth-order valence-electron chi connectivity index (χ4n) is 1.86. The zero-order valence-corrected chi connectivity index (χ0v) is 11.6. The molecule has 1 N–H and O–H groups in total. The second-order valence-electron chi connectivity index (χ2n) is 4.55. The normalized spacial score (nSPS) is 14.2. The molecule has 1 unspecified atom stereocenters. The molecule has 0 aliphatic carbocycles. The Morgan fingerprint density at radius 1 is 1.42 bits per heavy atom. The van der Waals surface area contributed by atoms with Crippen molar-refractivity contribution in [3.63, 3.8) is 0 Å². The van der Waals surface area contributed by atoms with Gasteiger partial charge < -0.3 is 19.5 Å². The highest BCUT2D eigenvalue weighted by atomic mass is 16.7. The van der Waals surface area contributed by atoms with Gasteiger partial charge in [-0.3, -0.25) is 0 Å². The van der Waals surface area contributed by atoms with Crippen LogP contribution >= 0.6 is 0 Å². The van der Waals surface area contributed by atoms with Gasteiger partial charge in [0, 0.05) is 18.2 Å². The van der Waals surface area contributed by atoms with Crippen LogP contribution in [-0.4, -0.2) is 19.4 Å². The number of benzene rings is 1. The molecule has 0 bridgehead atoms. The summed E-state index contributed by atoms with van der Waals surface area (Å²) >= 11 is 0. The van der Waals surface area contributed by atoms with E-state index >= 15 is 0 Å². The Morgan fingerprint density at radius 2 is 2.16 bits per heavy atom. The van der Waals surface area contributed by atoms with E-state index in [1.807, 2.05) is 19.1 Å². The summed E-state index contributed by atoms with van der Waals surface area (Å²) in [4.78, 5) is 0. The number of nitrogens with one attached hydrogen (secondary N) is 1. The van der Waals surface area contributed by atoms with Gasteiger partial charge in [-0.2, -0.15) is 0 Å². The van der Waals surface area contributed by atoms with E-state index in [9.17, 15) is 0 Å². The van der Waals surface area contributed by atoms with Gasteiger partial charge in [0.05, 0.1) is 0 Å². The summed E-state index contributed by atoms with van der Waals surface area (Å²) in [7, 11) is 0. The van der Waals surface area contributed by atoms with Gasteiger partial charge in [-0.25, -0.2) is 0 Å². The van der Waals surface area contributed by atoms with Gasteiger partial charge in [-0.05, 0) is 26.0 Å². The number of hydrogen-bond acceptors (Lipinski definition) is 4. The van der Waals surface area contributed by atoms with Gasteiger partial charge in [0.2, 0.25) is 6.79 Å². The molecule has 4 nitrogen and oxygen atoms in total. The maximum atomic E-state index is 5.86. The summed E-state index contributed by atoms with van der Waals surface area (Å²) in [5.74, 6) is 2.35. The molecule has 2 rings (SSSR count). The van der Waals surface area contributed by atoms with Gasteiger partial charge in [0.25, 0.3) is 0 Å². The van der Waals surface area contributed by atoms with E-state index in [0.29, 0.717) is 0 Å². The second kappa shape index (κ2) is 6.48. The maximum absolute atomic E-state index is 5.86. The Kier molecular flexibility index (Phi) is 4.68. The van der Waals surface area contributed by atoms with Crippen molar-refractivity contribution in [2.45, 2.75) is 32.9 Å². The summed E-state index contributed by atoms with van der Waals surface area (Å²) in [5.41, 5.74) is 1.08. The molecule has 0 aromatic heterocycles. The molecule has 0 amide bonds. The molecule has 19 heavy (non-hydrogen) atoms. The fraction of sp³-hybridized carbons (Fsp3) is 0.467. The highest BCUT2D eigenvalue weighted by Crippen LogP contribution is 2.38. The highest BCUT2D eigenvalue weighted by molar-refractivity contribution is 5.52. The first kappa shape index (κ1) is 13.7. The predicted molar refractivity (Wildman–Crippen MR) is 74.8 cm³/mol. The topological polar surface area (TPSA) is 39.7 Å². The summed E-state index contributed by atoms with van der Waals surface area (Å²) < 4.78 is 16.6. The van der Waals surface area contributed by atoms with Gasteiger partial charge >= 0.3 is 0 Å². The summed E-state index contributed by atoms with van der Waals surface area (Å²) in [6.07, 6.45) is 2.84. The zero-order chi connectivity index (χ0) is 13.7. The van der Waals surface area contributed by atoms with Crippen LogP contribution in [0.5, 0.6) is 17.2 Å². The van der Waals surface area contributed by atoms with E-state index in [1.54, 1.807) is 6.08 Å². The first-order valence-electron chi connectivity index (χ1n) is 6.67. The van der Waals surface area contributed by atoms with E-state index < -0.39 is 0 Å². The number of fused-ring (bicyclic) bond motifs is 1. The van der Waals surface area contributed by atoms with Crippen molar-refractivity contribution in [3.05, 3.63) is 30.4 Å². The predicted octanol–water partition coefficient (Wildman–Crippen LogP) is 2.87. The zero-order valence-electron chi connectivity index (χ0n) is 11.6. The van der Waals surface area contributed by atoms with Crippen LogP contribution in [-0.2, 0) is 6.54 Å². The van der Waals surface area contributed by atoms with Crippen molar-refractivity contribution in [2.24, 2.45) is 0 Å². The molecule has 1 heterocycles. The molecule has 1 aliphatic heterocycles. The van der Waals surface area contributed by atoms with Crippen LogP contribution in [0, 0.1) is 0 Å². The fourth-order valence-corrected chi connectivity index (χ4v) is 1.86. The van der Waals surface area contributed by atoms with Crippen LogP contribution in [0.1, 0.15) is 25.8 Å². The van der Waals surface area contributed by atoms with E-state index in [0.717, 1.165) is 42.3 Å². The largest absolute Gasteiger partial charge is 0.486 e. The molecular weight excluding hydrogens is 242 g/mol. The smallest absolute Gasteiger partial charge is 0.231 e. The van der Waals surface area contributed by atoms with Crippen LogP contribution in [0.15, 0.2) is 24.8 Å². The standard InChI is InChI=1S/C15H21NO3/c1-4-6-16-9-12-7-14-15(18-10-17-14)8-13(12)19-11(3)5-2/h5,7-8,11,16H,2,4,6,9-10H2,1,3H3. The lowest BCUT2D eigenvalue weighted by molar-refractivity contribution is 0.173. The molecule has 1 aromatic carbocycles. The minimum atomic E-state index is -0.0368. The summed E-state index contributed by atoms with van der Waals surface area (Å²) in [6, 6.07) is 3.88. The summed E-state index contributed by atoms with van der Waals surface area (Å²) in [5, 5.41) is 3.37. The Morgan fingerprint density at radius 3 is 2.84 bits per heavy atom. The Labute approximate surface area is 114 Å². The maximum Gasteiger partial charge on any atom is 0.231 e. The average Bonchev–Trinajstić information content (AvgIpc) is 2.86. The molecule has 1 aliphatic rings. The van der Waals surface area contributed by atoms with Crippen molar-refractivity contribution >= 4 is 0 Å². The number of ether oxygens (including phenoxy) is 3. The number of rotatable bonds is 7. The Balaban J connectivity index is 2.19. The monoisotopic (exact) mass is 263 g/mol. The number of hydrogen-bond donors (Lipinski definition) is 1. The molecule has 1 aromatic rings. The van der Waals surface area contributed by atoms with Gasteiger partial charge in [0.15, 0.2) is 11.5 Å². The first-order chi connectivity index (χ1) is 9.24. The third-order valence-electron chi connectivity index (χ3n) is 2.94. The lowest BCUT2D eigenvalue weighted by atomic mass is 10.1. The average molecular weight is 263 g/mol. The first-order valence-corrected chi connectivity index (χ1v) is 6.67. The molecule has 0 fully saturated rings. The van der Waals surface area contributed by atoms with Crippen LogP contribution in [0.2, 0.25) is 0 Å². The Hall–Kier alpha value is -1.68.